The fourth-order valence-electron chi connectivity index (χ4n) is 8.82. The maximum atomic E-state index is 11.6. The smallest absolute Gasteiger partial charge is 0.305 e. The van der Waals surface area contributed by atoms with Crippen LogP contribution in [0.25, 0.3) is 0 Å². The topological polar surface area (TPSA) is 66.8 Å². The van der Waals surface area contributed by atoms with E-state index in [9.17, 15) is 15.0 Å². The molecule has 4 nitrogen and oxygen atoms in total. The van der Waals surface area contributed by atoms with Gasteiger partial charge in [0, 0.05) is 6.42 Å². The summed E-state index contributed by atoms with van der Waals surface area (Å²) in [6.07, 6.45) is 9.80. The fourth-order valence-corrected chi connectivity index (χ4v) is 8.82. The van der Waals surface area contributed by atoms with Crippen LogP contribution in [0.1, 0.15) is 85.0 Å². The lowest BCUT2D eigenvalue weighted by molar-refractivity contribution is -0.174. The molecule has 4 saturated carbocycles. The average molecular weight is 407 g/mol. The van der Waals surface area contributed by atoms with E-state index in [0.29, 0.717) is 47.3 Å². The molecule has 0 aromatic carbocycles. The van der Waals surface area contributed by atoms with E-state index in [-0.39, 0.29) is 23.6 Å². The Morgan fingerprint density at radius 3 is 2.45 bits per heavy atom. The molecule has 4 heteroatoms. The second kappa shape index (κ2) is 7.82. The van der Waals surface area contributed by atoms with Crippen molar-refractivity contribution in [3.8, 4) is 0 Å². The van der Waals surface area contributed by atoms with Crippen LogP contribution in [0.5, 0.6) is 0 Å². The van der Waals surface area contributed by atoms with Crippen molar-refractivity contribution in [2.45, 2.75) is 97.2 Å². The van der Waals surface area contributed by atoms with E-state index in [0.717, 1.165) is 32.1 Å². The normalized spacial score (nSPS) is 50.2. The zero-order valence-corrected chi connectivity index (χ0v) is 18.9. The van der Waals surface area contributed by atoms with Gasteiger partial charge in [-0.15, -0.1) is 0 Å². The molecule has 0 aromatic heterocycles. The van der Waals surface area contributed by atoms with Crippen LogP contribution in [0.15, 0.2) is 0 Å². The molecule has 4 rings (SSSR count). The van der Waals surface area contributed by atoms with Crippen LogP contribution in [0.2, 0.25) is 0 Å². The number of methoxy groups -OCH3 is 1. The summed E-state index contributed by atoms with van der Waals surface area (Å²) in [5.41, 5.74) is 0.577. The first-order chi connectivity index (χ1) is 13.7. The molecule has 29 heavy (non-hydrogen) atoms. The number of aliphatic hydroxyl groups is 2. The number of carbonyl (C=O) groups excluding carboxylic acids is 1. The Morgan fingerprint density at radius 1 is 1.03 bits per heavy atom. The summed E-state index contributed by atoms with van der Waals surface area (Å²) >= 11 is 0. The van der Waals surface area contributed by atoms with Crippen molar-refractivity contribution in [2.24, 2.45) is 46.3 Å². The minimum absolute atomic E-state index is 0.0959. The summed E-state index contributed by atoms with van der Waals surface area (Å²) < 4.78 is 4.86. The Balaban J connectivity index is 1.53. The molecular weight excluding hydrogens is 364 g/mol. The molecule has 4 unspecified atom stereocenters. The standard InChI is InChI=1S/C25H42O4/c1-15(5-8-22(28)29-4)18-6-7-19-23-20(10-12-25(18,19)3)24(2)11-9-17(26)13-16(24)14-21(23)27/h15-21,23,26-27H,5-14H2,1-4H3/t15-,16+,17?,18-,19?,20?,21-,23?,24+,25-/m1/s1. The Bertz CT molecular complexity index is 620. The van der Waals surface area contributed by atoms with Gasteiger partial charge in [-0.2, -0.15) is 0 Å². The zero-order chi connectivity index (χ0) is 21.0. The van der Waals surface area contributed by atoms with Crippen molar-refractivity contribution in [1.82, 2.24) is 0 Å². The Labute approximate surface area is 176 Å². The van der Waals surface area contributed by atoms with Gasteiger partial charge in [-0.1, -0.05) is 20.8 Å². The lowest BCUT2D eigenvalue weighted by atomic mass is 9.43. The van der Waals surface area contributed by atoms with Crippen molar-refractivity contribution in [1.29, 1.82) is 0 Å². The van der Waals surface area contributed by atoms with Gasteiger partial charge in [0.15, 0.2) is 0 Å². The summed E-state index contributed by atoms with van der Waals surface area (Å²) in [4.78, 5) is 11.6. The number of hydrogen-bond donors (Lipinski definition) is 2. The molecule has 0 saturated heterocycles. The highest BCUT2D eigenvalue weighted by molar-refractivity contribution is 5.69. The maximum absolute atomic E-state index is 11.6. The summed E-state index contributed by atoms with van der Waals surface area (Å²) in [5.74, 6) is 3.17. The molecule has 10 atom stereocenters. The molecule has 0 aliphatic heterocycles. The third-order valence-electron chi connectivity index (χ3n) is 10.4. The van der Waals surface area contributed by atoms with Crippen molar-refractivity contribution >= 4 is 5.97 Å². The number of carbonyl (C=O) groups is 1. The van der Waals surface area contributed by atoms with E-state index in [1.165, 1.54) is 32.8 Å². The van der Waals surface area contributed by atoms with Crippen molar-refractivity contribution in [3.05, 3.63) is 0 Å². The van der Waals surface area contributed by atoms with Gasteiger partial charge in [0.2, 0.25) is 0 Å². The summed E-state index contributed by atoms with van der Waals surface area (Å²) in [6, 6.07) is 0. The molecule has 0 bridgehead atoms. The lowest BCUT2D eigenvalue weighted by Gasteiger charge is -2.62. The first-order valence-corrected chi connectivity index (χ1v) is 12.1. The van der Waals surface area contributed by atoms with Crippen LogP contribution in [-0.4, -0.2) is 35.5 Å². The molecule has 0 spiro atoms. The molecule has 2 N–H and O–H groups in total. The number of fused-ring (bicyclic) bond motifs is 5. The molecule has 0 heterocycles. The Hall–Kier alpha value is -0.610. The van der Waals surface area contributed by atoms with E-state index in [1.54, 1.807) is 0 Å². The van der Waals surface area contributed by atoms with Crippen LogP contribution in [0.3, 0.4) is 0 Å². The van der Waals surface area contributed by atoms with E-state index >= 15 is 0 Å². The monoisotopic (exact) mass is 406 g/mol. The quantitative estimate of drug-likeness (QED) is 0.671. The number of hydrogen-bond acceptors (Lipinski definition) is 4. The average Bonchev–Trinajstić information content (AvgIpc) is 3.04. The van der Waals surface area contributed by atoms with Crippen LogP contribution in [0, 0.1) is 46.3 Å². The summed E-state index contributed by atoms with van der Waals surface area (Å²) in [5, 5.41) is 21.5. The van der Waals surface area contributed by atoms with Gasteiger partial charge in [-0.25, -0.2) is 0 Å². The third-order valence-corrected chi connectivity index (χ3v) is 10.4. The number of ether oxygens (including phenoxy) is 1. The van der Waals surface area contributed by atoms with Gasteiger partial charge in [-0.05, 0) is 104 Å². The highest BCUT2D eigenvalue weighted by atomic mass is 16.5. The first kappa shape index (κ1) is 21.6. The SMILES string of the molecule is COC(=O)CC[C@@H](C)[C@H]1CCC2C3C(CC[C@@]21C)[C@@]1(C)CCC(O)C[C@H]1C[C@H]3O. The van der Waals surface area contributed by atoms with E-state index in [1.807, 2.05) is 0 Å². The lowest BCUT2D eigenvalue weighted by Crippen LogP contribution is -2.58. The zero-order valence-electron chi connectivity index (χ0n) is 18.9. The molecule has 0 aromatic rings. The van der Waals surface area contributed by atoms with Crippen molar-refractivity contribution in [2.75, 3.05) is 7.11 Å². The minimum Gasteiger partial charge on any atom is -0.469 e. The summed E-state index contributed by atoms with van der Waals surface area (Å²) in [7, 11) is 1.48. The molecule has 166 valence electrons. The molecule has 4 aliphatic rings. The first-order valence-electron chi connectivity index (χ1n) is 12.1. The predicted molar refractivity (Wildman–Crippen MR) is 113 cm³/mol. The van der Waals surface area contributed by atoms with Crippen LogP contribution in [-0.2, 0) is 9.53 Å². The maximum Gasteiger partial charge on any atom is 0.305 e. The van der Waals surface area contributed by atoms with Gasteiger partial charge in [0.05, 0.1) is 19.3 Å². The van der Waals surface area contributed by atoms with Gasteiger partial charge in [0.1, 0.15) is 0 Å². The minimum atomic E-state index is -0.211. The van der Waals surface area contributed by atoms with E-state index < -0.39 is 0 Å². The Morgan fingerprint density at radius 2 is 1.72 bits per heavy atom. The van der Waals surface area contributed by atoms with Gasteiger partial charge >= 0.3 is 5.97 Å². The highest BCUT2D eigenvalue weighted by Crippen LogP contribution is 2.68. The molecular formula is C25H42O4. The highest BCUT2D eigenvalue weighted by Gasteiger charge is 2.62. The van der Waals surface area contributed by atoms with Gasteiger partial charge in [0.25, 0.3) is 0 Å². The van der Waals surface area contributed by atoms with Crippen LogP contribution < -0.4 is 0 Å². The second-order valence-electron chi connectivity index (χ2n) is 11.5. The number of esters is 1. The molecule has 4 aliphatic carbocycles. The molecule has 4 fully saturated rings. The van der Waals surface area contributed by atoms with Crippen molar-refractivity contribution < 1.29 is 19.7 Å². The predicted octanol–water partition coefficient (Wildman–Crippen LogP) is 4.57. The van der Waals surface area contributed by atoms with Gasteiger partial charge < -0.3 is 14.9 Å². The second-order valence-corrected chi connectivity index (χ2v) is 11.5. The number of rotatable bonds is 4. The fraction of sp³-hybridized carbons (Fsp3) is 0.960. The Kier molecular flexibility index (Phi) is 5.83. The van der Waals surface area contributed by atoms with E-state index in [2.05, 4.69) is 20.8 Å². The molecule has 0 radical (unpaired) electrons. The van der Waals surface area contributed by atoms with Crippen LogP contribution >= 0.6 is 0 Å². The van der Waals surface area contributed by atoms with Gasteiger partial charge in [-0.3, -0.25) is 4.79 Å². The van der Waals surface area contributed by atoms with Crippen molar-refractivity contribution in [3.63, 3.8) is 0 Å². The number of aliphatic hydroxyl groups excluding tert-OH is 2. The molecule has 0 amide bonds. The third kappa shape index (κ3) is 3.46. The van der Waals surface area contributed by atoms with Crippen LogP contribution in [0.4, 0.5) is 0 Å². The van der Waals surface area contributed by atoms with E-state index in [4.69, 9.17) is 4.74 Å². The summed E-state index contributed by atoms with van der Waals surface area (Å²) in [6.45, 7) is 7.29. The largest absolute Gasteiger partial charge is 0.469 e.